The quantitative estimate of drug-likeness (QED) is 0.226. The molecule has 3 rings (SSSR count). The van der Waals surface area contributed by atoms with E-state index in [1.54, 1.807) is 12.1 Å². The lowest BCUT2D eigenvalue weighted by atomic mass is 10.2. The molecule has 0 spiro atoms. The minimum atomic E-state index is -4.11. The maximum Gasteiger partial charge on any atom is 0.348 e. The van der Waals surface area contributed by atoms with E-state index in [-0.39, 0.29) is 30.8 Å². The van der Waals surface area contributed by atoms with Gasteiger partial charge in [0.25, 0.3) is 0 Å². The van der Waals surface area contributed by atoms with Crippen molar-refractivity contribution in [3.8, 4) is 0 Å². The van der Waals surface area contributed by atoms with Crippen molar-refractivity contribution in [3.05, 3.63) is 47.4 Å². The minimum absolute atomic E-state index is 0.0933. The van der Waals surface area contributed by atoms with Gasteiger partial charge in [0, 0.05) is 4.70 Å². The Labute approximate surface area is 196 Å². The first-order chi connectivity index (χ1) is 15.6. The highest BCUT2D eigenvalue weighted by Gasteiger charge is 2.43. The number of hydrogen-bond acceptors (Lipinski definition) is 7. The molecule has 3 atom stereocenters. The number of hydrogen-bond donors (Lipinski definition) is 1. The first kappa shape index (κ1) is 25.6. The molecule has 180 valence electrons. The fourth-order valence-electron chi connectivity index (χ4n) is 2.95. The summed E-state index contributed by atoms with van der Waals surface area (Å²) in [7, 11) is -4.11. The zero-order valence-electron chi connectivity index (χ0n) is 18.9. The second-order valence-electron chi connectivity index (χ2n) is 8.41. The van der Waals surface area contributed by atoms with Gasteiger partial charge >= 0.3 is 19.5 Å². The van der Waals surface area contributed by atoms with Crippen molar-refractivity contribution in [2.24, 2.45) is 5.92 Å². The van der Waals surface area contributed by atoms with E-state index in [9.17, 15) is 14.2 Å². The number of fused-ring (bicyclic) bond motifs is 1. The summed E-state index contributed by atoms with van der Waals surface area (Å²) in [4.78, 5) is 24.7. The SMILES string of the molecule is C=CCOC(=O)c1cc2cc([C@@H](F)P(=O)(N[C@@H](C)C(=O)OCC(C)C)OC3CC3)ccc2s1. The van der Waals surface area contributed by atoms with Crippen LogP contribution in [0.15, 0.2) is 36.9 Å². The number of rotatable bonds is 12. The number of carbonyl (C=O) groups excluding carboxylic acids is 2. The van der Waals surface area contributed by atoms with Gasteiger partial charge in [0.1, 0.15) is 17.5 Å². The molecule has 1 saturated carbocycles. The summed E-state index contributed by atoms with van der Waals surface area (Å²) in [6, 6.07) is 5.30. The number of nitrogens with one attached hydrogen (secondary N) is 1. The van der Waals surface area contributed by atoms with Crippen LogP contribution in [0.4, 0.5) is 4.39 Å². The molecule has 10 heteroatoms. The van der Waals surface area contributed by atoms with Crippen LogP contribution in [-0.4, -0.2) is 37.3 Å². The van der Waals surface area contributed by atoms with Crippen LogP contribution in [0.25, 0.3) is 10.1 Å². The highest BCUT2D eigenvalue weighted by atomic mass is 32.1. The molecular weight excluding hydrogens is 468 g/mol. The van der Waals surface area contributed by atoms with Crippen molar-refractivity contribution in [3.63, 3.8) is 0 Å². The lowest BCUT2D eigenvalue weighted by molar-refractivity contribution is -0.146. The number of alkyl halides is 1. The molecule has 1 aliphatic carbocycles. The second-order valence-corrected chi connectivity index (χ2v) is 11.6. The maximum atomic E-state index is 15.7. The predicted molar refractivity (Wildman–Crippen MR) is 126 cm³/mol. The van der Waals surface area contributed by atoms with Crippen molar-refractivity contribution >= 4 is 40.9 Å². The van der Waals surface area contributed by atoms with E-state index in [2.05, 4.69) is 11.7 Å². The minimum Gasteiger partial charge on any atom is -0.464 e. The smallest absolute Gasteiger partial charge is 0.348 e. The van der Waals surface area contributed by atoms with Crippen molar-refractivity contribution in [2.45, 2.75) is 51.7 Å². The number of esters is 2. The van der Waals surface area contributed by atoms with E-state index in [1.807, 2.05) is 13.8 Å². The van der Waals surface area contributed by atoms with Crippen molar-refractivity contribution in [1.29, 1.82) is 0 Å². The summed E-state index contributed by atoms with van der Waals surface area (Å²) >= 11 is 1.22. The summed E-state index contributed by atoms with van der Waals surface area (Å²) in [6.45, 7) is 9.08. The van der Waals surface area contributed by atoms with Gasteiger partial charge in [-0.3, -0.25) is 9.36 Å². The third-order valence-corrected chi connectivity index (χ3v) is 8.11. The molecule has 1 unspecified atom stereocenters. The van der Waals surface area contributed by atoms with E-state index >= 15 is 4.39 Å². The largest absolute Gasteiger partial charge is 0.464 e. The summed E-state index contributed by atoms with van der Waals surface area (Å²) in [5.74, 6) is -2.97. The molecule has 7 nitrogen and oxygen atoms in total. The maximum absolute atomic E-state index is 15.7. The number of carbonyl (C=O) groups is 2. The van der Waals surface area contributed by atoms with Gasteiger partial charge in [0.2, 0.25) is 5.91 Å². The van der Waals surface area contributed by atoms with E-state index in [0.29, 0.717) is 23.1 Å². The highest BCUT2D eigenvalue weighted by molar-refractivity contribution is 7.57. The predicted octanol–water partition coefficient (Wildman–Crippen LogP) is 5.76. The van der Waals surface area contributed by atoms with E-state index in [0.717, 1.165) is 4.70 Å². The van der Waals surface area contributed by atoms with Crippen molar-refractivity contribution in [2.75, 3.05) is 13.2 Å². The summed E-state index contributed by atoms with van der Waals surface area (Å²) < 4.78 is 45.8. The van der Waals surface area contributed by atoms with Crippen LogP contribution in [0.3, 0.4) is 0 Å². The average Bonchev–Trinajstić information content (AvgIpc) is 3.48. The number of thiophene rings is 1. The molecular formula is C23H29FNO6PS. The Balaban J connectivity index is 1.81. The number of halogens is 1. The molecule has 0 amide bonds. The Bertz CT molecular complexity index is 1070. The Morgan fingerprint density at radius 3 is 2.64 bits per heavy atom. The topological polar surface area (TPSA) is 90.9 Å². The lowest BCUT2D eigenvalue weighted by Gasteiger charge is -2.26. The second kappa shape index (κ2) is 10.9. The first-order valence-corrected chi connectivity index (χ1v) is 13.3. The van der Waals surface area contributed by atoms with E-state index < -0.39 is 31.4 Å². The zero-order chi connectivity index (χ0) is 24.2. The normalized spacial score (nSPS) is 17.4. The monoisotopic (exact) mass is 497 g/mol. The molecule has 1 fully saturated rings. The van der Waals surface area contributed by atoms with Gasteiger partial charge in [-0.05, 0) is 54.8 Å². The van der Waals surface area contributed by atoms with E-state index in [1.165, 1.54) is 36.5 Å². The molecule has 1 heterocycles. The molecule has 1 aromatic carbocycles. The van der Waals surface area contributed by atoms with Crippen LogP contribution in [0.1, 0.15) is 54.8 Å². The van der Waals surface area contributed by atoms with Crippen LogP contribution >= 0.6 is 18.9 Å². The fraction of sp³-hybridized carbons (Fsp3) is 0.478. The molecule has 0 radical (unpaired) electrons. The summed E-state index contributed by atoms with van der Waals surface area (Å²) in [5, 5.41) is 3.20. The third-order valence-electron chi connectivity index (χ3n) is 4.76. The summed E-state index contributed by atoms with van der Waals surface area (Å²) in [6.07, 6.45) is 2.53. The standard InChI is InChI=1S/C23H29FNO6PS/c1-5-10-29-23(27)20-12-17-11-16(6-9-19(17)33-20)21(24)32(28,31-18-7-8-18)25-15(4)22(26)30-13-14(2)3/h5-6,9,11-12,14-15,18,21H,1,7-8,10,13H2,2-4H3,(H,25,28)/t15-,21-,32?/m0/s1. The molecule has 1 aromatic heterocycles. The van der Waals surface area contributed by atoms with Crippen molar-refractivity contribution < 1.29 is 32.5 Å². The molecule has 33 heavy (non-hydrogen) atoms. The van der Waals surface area contributed by atoms with Crippen LogP contribution < -0.4 is 5.09 Å². The van der Waals surface area contributed by atoms with E-state index in [4.69, 9.17) is 14.0 Å². The molecule has 0 bridgehead atoms. The van der Waals surface area contributed by atoms with Crippen LogP contribution in [0.5, 0.6) is 0 Å². The molecule has 2 aromatic rings. The molecule has 0 saturated heterocycles. The van der Waals surface area contributed by atoms with Gasteiger partial charge < -0.3 is 14.0 Å². The van der Waals surface area contributed by atoms with Crippen molar-refractivity contribution in [1.82, 2.24) is 5.09 Å². The summed E-state index contributed by atoms with van der Waals surface area (Å²) in [5.41, 5.74) is 0.130. The van der Waals surface area contributed by atoms with Crippen LogP contribution in [0.2, 0.25) is 0 Å². The highest BCUT2D eigenvalue weighted by Crippen LogP contribution is 2.61. The zero-order valence-corrected chi connectivity index (χ0v) is 20.6. The van der Waals surface area contributed by atoms with Gasteiger partial charge in [-0.15, -0.1) is 11.3 Å². The molecule has 0 aliphatic heterocycles. The van der Waals surface area contributed by atoms with Gasteiger partial charge in [0.15, 0.2) is 0 Å². The lowest BCUT2D eigenvalue weighted by Crippen LogP contribution is -2.35. The first-order valence-electron chi connectivity index (χ1n) is 10.8. The Morgan fingerprint density at radius 1 is 1.27 bits per heavy atom. The number of ether oxygens (including phenoxy) is 2. The van der Waals surface area contributed by atoms with Gasteiger partial charge in [0.05, 0.1) is 12.7 Å². The van der Waals surface area contributed by atoms with Gasteiger partial charge in [-0.2, -0.15) is 0 Å². The molecule has 1 N–H and O–H groups in total. The van der Waals surface area contributed by atoms with Gasteiger partial charge in [-0.25, -0.2) is 14.3 Å². The molecule has 1 aliphatic rings. The fourth-order valence-corrected chi connectivity index (χ4v) is 6.04. The average molecular weight is 498 g/mol. The number of benzene rings is 1. The Kier molecular flexibility index (Phi) is 8.45. The van der Waals surface area contributed by atoms with Crippen LogP contribution in [0, 0.1) is 5.92 Å². The van der Waals surface area contributed by atoms with Gasteiger partial charge in [-0.1, -0.05) is 32.6 Å². The Morgan fingerprint density at radius 2 is 2.00 bits per heavy atom. The Hall–Kier alpha value is -2.06. The third kappa shape index (κ3) is 6.73. The van der Waals surface area contributed by atoms with Crippen LogP contribution in [-0.2, 0) is 23.4 Å².